The molecule has 0 amide bonds. The Hall–Kier alpha value is -2.54. The van der Waals surface area contributed by atoms with Crippen LogP contribution in [0, 0.1) is 5.92 Å². The van der Waals surface area contributed by atoms with Crippen molar-refractivity contribution in [2.45, 2.75) is 32.4 Å². The first-order chi connectivity index (χ1) is 16.0. The lowest BCUT2D eigenvalue weighted by Gasteiger charge is -2.36. The van der Waals surface area contributed by atoms with Gasteiger partial charge in [-0.1, -0.05) is 48.0 Å². The van der Waals surface area contributed by atoms with Gasteiger partial charge >= 0.3 is 5.97 Å². The van der Waals surface area contributed by atoms with E-state index >= 15 is 0 Å². The Balaban J connectivity index is 1.60. The number of likely N-dealkylation sites (tertiary alicyclic amines) is 1. The van der Waals surface area contributed by atoms with Crippen LogP contribution in [0.3, 0.4) is 0 Å². The van der Waals surface area contributed by atoms with E-state index in [1.54, 1.807) is 11.3 Å². The minimum atomic E-state index is -0.705. The molecule has 1 aromatic heterocycles. The molecule has 1 saturated heterocycles. The zero-order chi connectivity index (χ0) is 23.2. The molecular formula is C26H28ClNO4S. The maximum atomic E-state index is 11.4. The molecule has 1 atom stereocenters. The van der Waals surface area contributed by atoms with Crippen LogP contribution < -0.4 is 9.47 Å². The Morgan fingerprint density at radius 2 is 1.85 bits per heavy atom. The first-order valence-electron chi connectivity index (χ1n) is 11.2. The average molecular weight is 486 g/mol. The number of nitrogens with zero attached hydrogens (tertiary/aromatic N) is 1. The number of carboxylic acid groups (broad SMARTS) is 1. The average Bonchev–Trinajstić information content (AvgIpc) is 3.25. The van der Waals surface area contributed by atoms with Crippen LogP contribution >= 0.6 is 22.9 Å². The van der Waals surface area contributed by atoms with Crippen molar-refractivity contribution in [2.24, 2.45) is 5.92 Å². The Morgan fingerprint density at radius 1 is 1.09 bits per heavy atom. The molecule has 0 spiro atoms. The van der Waals surface area contributed by atoms with Crippen molar-refractivity contribution in [3.63, 3.8) is 0 Å². The number of hydrogen-bond donors (Lipinski definition) is 1. The van der Waals surface area contributed by atoms with Crippen LogP contribution in [0.2, 0.25) is 4.34 Å². The van der Waals surface area contributed by atoms with Crippen molar-refractivity contribution in [3.8, 4) is 11.5 Å². The number of thiophene rings is 1. The van der Waals surface area contributed by atoms with Crippen molar-refractivity contribution in [3.05, 3.63) is 81.0 Å². The third-order valence-electron chi connectivity index (χ3n) is 5.93. The molecule has 174 valence electrons. The molecule has 1 aliphatic heterocycles. The van der Waals surface area contributed by atoms with Crippen LogP contribution in [0.4, 0.5) is 0 Å². The first kappa shape index (κ1) is 23.6. The lowest BCUT2D eigenvalue weighted by molar-refractivity contribution is -0.143. The fraction of sp³-hybridized carbons (Fsp3) is 0.346. The van der Waals surface area contributed by atoms with Gasteiger partial charge < -0.3 is 14.6 Å². The lowest BCUT2D eigenvalue weighted by atomic mass is 9.93. The maximum absolute atomic E-state index is 11.4. The molecule has 0 saturated carbocycles. The van der Waals surface area contributed by atoms with E-state index in [4.69, 9.17) is 21.1 Å². The first-order valence-corrected chi connectivity index (χ1v) is 12.4. The second kappa shape index (κ2) is 11.1. The molecule has 2 aromatic carbocycles. The van der Waals surface area contributed by atoms with Crippen molar-refractivity contribution >= 4 is 28.9 Å². The van der Waals surface area contributed by atoms with E-state index in [9.17, 15) is 9.90 Å². The summed E-state index contributed by atoms with van der Waals surface area (Å²) in [6.45, 7) is 4.39. The van der Waals surface area contributed by atoms with Gasteiger partial charge in [-0.2, -0.15) is 0 Å². The molecule has 4 rings (SSSR count). The summed E-state index contributed by atoms with van der Waals surface area (Å²) in [5, 5.41) is 9.40. The van der Waals surface area contributed by atoms with Crippen molar-refractivity contribution < 1.29 is 19.4 Å². The van der Waals surface area contributed by atoms with E-state index < -0.39 is 5.97 Å². The normalized spacial score (nSPS) is 15.8. The van der Waals surface area contributed by atoms with Gasteiger partial charge in [0, 0.05) is 4.88 Å². The number of benzene rings is 2. The number of piperidine rings is 1. The minimum absolute atomic E-state index is 0.0142. The molecule has 0 bridgehead atoms. The molecule has 0 radical (unpaired) electrons. The fourth-order valence-corrected chi connectivity index (χ4v) is 5.48. The van der Waals surface area contributed by atoms with Gasteiger partial charge in [0.2, 0.25) is 0 Å². The van der Waals surface area contributed by atoms with Crippen LogP contribution in [0.15, 0.2) is 60.7 Å². The van der Waals surface area contributed by atoms with E-state index in [0.717, 1.165) is 20.3 Å². The zero-order valence-corrected chi connectivity index (χ0v) is 20.1. The summed E-state index contributed by atoms with van der Waals surface area (Å²) in [7, 11) is 0. The van der Waals surface area contributed by atoms with Gasteiger partial charge in [0.25, 0.3) is 0 Å². The molecule has 0 aliphatic carbocycles. The van der Waals surface area contributed by atoms with Crippen molar-refractivity contribution in [1.29, 1.82) is 0 Å². The third kappa shape index (κ3) is 5.88. The SMILES string of the molecule is CCOc1cc(C(c2ccc(Cl)s2)N2CCC(C(=O)O)CC2)ccc1OCc1ccccc1. The van der Waals surface area contributed by atoms with Gasteiger partial charge in [-0.25, -0.2) is 0 Å². The smallest absolute Gasteiger partial charge is 0.306 e. The molecule has 33 heavy (non-hydrogen) atoms. The number of hydrogen-bond acceptors (Lipinski definition) is 5. The van der Waals surface area contributed by atoms with Gasteiger partial charge in [-0.05, 0) is 68.2 Å². The fourth-order valence-electron chi connectivity index (χ4n) is 4.25. The van der Waals surface area contributed by atoms with E-state index in [-0.39, 0.29) is 12.0 Å². The Bertz CT molecular complexity index is 1060. The number of ether oxygens (including phenoxy) is 2. The van der Waals surface area contributed by atoms with Crippen LogP contribution in [0.5, 0.6) is 11.5 Å². The highest BCUT2D eigenvalue weighted by Gasteiger charge is 2.31. The monoisotopic (exact) mass is 485 g/mol. The Kier molecular flexibility index (Phi) is 7.91. The maximum Gasteiger partial charge on any atom is 0.306 e. The topological polar surface area (TPSA) is 59.0 Å². The summed E-state index contributed by atoms with van der Waals surface area (Å²) in [6, 6.07) is 20.1. The lowest BCUT2D eigenvalue weighted by Crippen LogP contribution is -2.39. The molecule has 5 nitrogen and oxygen atoms in total. The number of halogens is 1. The van der Waals surface area contributed by atoms with Crippen LogP contribution in [-0.2, 0) is 11.4 Å². The standard InChI is InChI=1S/C26H28ClNO4S/c1-2-31-22-16-20(8-9-21(22)32-17-18-6-4-3-5-7-18)25(23-10-11-24(27)33-23)28-14-12-19(13-15-28)26(29)30/h3-11,16,19,25H,2,12-15,17H2,1H3,(H,29,30). The molecule has 7 heteroatoms. The highest BCUT2D eigenvalue weighted by atomic mass is 35.5. The van der Waals surface area contributed by atoms with Crippen molar-refractivity contribution in [2.75, 3.05) is 19.7 Å². The zero-order valence-electron chi connectivity index (χ0n) is 18.6. The summed E-state index contributed by atoms with van der Waals surface area (Å²) in [4.78, 5) is 14.9. The number of carboxylic acids is 1. The highest BCUT2D eigenvalue weighted by Crippen LogP contribution is 2.40. The van der Waals surface area contributed by atoms with E-state index in [1.807, 2.05) is 55.5 Å². The quantitative estimate of drug-likeness (QED) is 0.387. The minimum Gasteiger partial charge on any atom is -0.490 e. The van der Waals surface area contributed by atoms with Crippen molar-refractivity contribution in [1.82, 2.24) is 4.90 Å². The van der Waals surface area contributed by atoms with Crippen LogP contribution in [0.25, 0.3) is 0 Å². The van der Waals surface area contributed by atoms with Crippen LogP contribution in [0.1, 0.15) is 41.8 Å². The summed E-state index contributed by atoms with van der Waals surface area (Å²) in [5.74, 6) is 0.432. The predicted molar refractivity (Wildman–Crippen MR) is 131 cm³/mol. The third-order valence-corrected chi connectivity index (χ3v) is 7.21. The molecule has 1 fully saturated rings. The molecule has 3 aromatic rings. The Morgan fingerprint density at radius 3 is 2.48 bits per heavy atom. The van der Waals surface area contributed by atoms with Gasteiger partial charge in [-0.15, -0.1) is 11.3 Å². The second-order valence-corrected chi connectivity index (χ2v) is 9.85. The van der Waals surface area contributed by atoms with Gasteiger partial charge in [0.15, 0.2) is 11.5 Å². The molecule has 1 N–H and O–H groups in total. The summed E-state index contributed by atoms with van der Waals surface area (Å²) >= 11 is 7.84. The van der Waals surface area contributed by atoms with Gasteiger partial charge in [0.05, 0.1) is 22.9 Å². The van der Waals surface area contributed by atoms with E-state index in [1.165, 1.54) is 0 Å². The van der Waals surface area contributed by atoms with Gasteiger partial charge in [0.1, 0.15) is 6.61 Å². The predicted octanol–water partition coefficient (Wildman–Crippen LogP) is 6.27. The molecule has 1 aliphatic rings. The highest BCUT2D eigenvalue weighted by molar-refractivity contribution is 7.16. The molecular weight excluding hydrogens is 458 g/mol. The Labute approximate surface area is 203 Å². The number of rotatable bonds is 9. The largest absolute Gasteiger partial charge is 0.490 e. The summed E-state index contributed by atoms with van der Waals surface area (Å²) in [5.41, 5.74) is 2.18. The van der Waals surface area contributed by atoms with E-state index in [0.29, 0.717) is 50.6 Å². The van der Waals surface area contributed by atoms with E-state index in [2.05, 4.69) is 17.0 Å². The number of aliphatic carboxylic acids is 1. The number of carbonyl (C=O) groups is 1. The van der Waals surface area contributed by atoms with Gasteiger partial charge in [-0.3, -0.25) is 9.69 Å². The molecule has 1 unspecified atom stereocenters. The molecule has 2 heterocycles. The second-order valence-electron chi connectivity index (χ2n) is 8.11. The summed E-state index contributed by atoms with van der Waals surface area (Å²) in [6.07, 6.45) is 1.28. The summed E-state index contributed by atoms with van der Waals surface area (Å²) < 4.78 is 12.8. The van der Waals surface area contributed by atoms with Crippen LogP contribution in [-0.4, -0.2) is 35.7 Å².